The van der Waals surface area contributed by atoms with Gasteiger partial charge < -0.3 is 5.32 Å². The molecule has 33 heavy (non-hydrogen) atoms. The average Bonchev–Trinajstić information content (AvgIpc) is 3.33. The minimum atomic E-state index is -0.317. The van der Waals surface area contributed by atoms with E-state index in [2.05, 4.69) is 10.3 Å². The fourth-order valence-electron chi connectivity index (χ4n) is 3.57. The zero-order valence-corrected chi connectivity index (χ0v) is 18.9. The maximum Gasteiger partial charge on any atom is 0.233 e. The largest absolute Gasteiger partial charge is 0.351 e. The van der Waals surface area contributed by atoms with Gasteiger partial charge >= 0.3 is 0 Å². The molecule has 0 unspecified atom stereocenters. The Morgan fingerprint density at radius 1 is 1.03 bits per heavy atom. The lowest BCUT2D eigenvalue weighted by atomic mass is 10.2. The van der Waals surface area contributed by atoms with Crippen molar-refractivity contribution in [2.45, 2.75) is 30.3 Å². The Hall–Kier alpha value is -3.78. The third kappa shape index (κ3) is 4.42. The molecule has 0 bridgehead atoms. The molecule has 164 valence electrons. The van der Waals surface area contributed by atoms with E-state index in [-0.39, 0.29) is 11.2 Å². The molecule has 3 aromatic heterocycles. The zero-order chi connectivity index (χ0) is 22.6. The van der Waals surface area contributed by atoms with Crippen LogP contribution in [0, 0.1) is 0 Å². The summed E-state index contributed by atoms with van der Waals surface area (Å²) in [5.41, 5.74) is 3.45. The lowest BCUT2D eigenvalue weighted by Crippen LogP contribution is -2.32. The molecule has 0 aliphatic heterocycles. The summed E-state index contributed by atoms with van der Waals surface area (Å²) < 4.78 is 1.76. The Morgan fingerprint density at radius 2 is 1.85 bits per heavy atom. The number of carbonyl (C=O) groups is 1. The van der Waals surface area contributed by atoms with Gasteiger partial charge in [0.05, 0.1) is 10.8 Å². The van der Waals surface area contributed by atoms with Crippen LogP contribution >= 0.6 is 11.8 Å². The molecule has 1 N–H and O–H groups in total. The van der Waals surface area contributed by atoms with Crippen LogP contribution in [0.3, 0.4) is 0 Å². The normalized spacial score (nSPS) is 12.2. The van der Waals surface area contributed by atoms with Gasteiger partial charge in [0.25, 0.3) is 0 Å². The molecule has 0 spiro atoms. The van der Waals surface area contributed by atoms with E-state index in [1.807, 2.05) is 73.7 Å². The van der Waals surface area contributed by atoms with Gasteiger partial charge in [-0.2, -0.15) is 4.52 Å². The third-order valence-corrected chi connectivity index (χ3v) is 6.59. The molecule has 0 saturated heterocycles. The number of hydrogen-bond acceptors (Lipinski definition) is 6. The van der Waals surface area contributed by atoms with Crippen LogP contribution in [0.2, 0.25) is 0 Å². The number of benzene rings is 2. The van der Waals surface area contributed by atoms with Gasteiger partial charge in [-0.05, 0) is 30.2 Å². The van der Waals surface area contributed by atoms with Crippen LogP contribution in [0.1, 0.15) is 18.9 Å². The van der Waals surface area contributed by atoms with E-state index in [9.17, 15) is 4.79 Å². The van der Waals surface area contributed by atoms with Crippen molar-refractivity contribution in [2.24, 2.45) is 0 Å². The van der Waals surface area contributed by atoms with Crippen molar-refractivity contribution >= 4 is 34.2 Å². The lowest BCUT2D eigenvalue weighted by Gasteiger charge is -2.15. The molecule has 5 aromatic rings. The second kappa shape index (κ2) is 9.38. The highest BCUT2D eigenvalue weighted by Gasteiger charge is 2.22. The van der Waals surface area contributed by atoms with E-state index < -0.39 is 0 Å². The number of para-hydroxylation sites is 1. The van der Waals surface area contributed by atoms with Crippen molar-refractivity contribution in [2.75, 3.05) is 0 Å². The van der Waals surface area contributed by atoms with Gasteiger partial charge in [-0.3, -0.25) is 9.78 Å². The fourth-order valence-corrected chi connectivity index (χ4v) is 4.56. The molecule has 7 nitrogen and oxygen atoms in total. The molecule has 8 heteroatoms. The smallest absolute Gasteiger partial charge is 0.233 e. The van der Waals surface area contributed by atoms with Crippen molar-refractivity contribution in [1.29, 1.82) is 0 Å². The average molecular weight is 455 g/mol. The number of nitrogens with one attached hydrogen (secondary N) is 1. The minimum absolute atomic E-state index is 0.0436. The highest BCUT2D eigenvalue weighted by Crippen LogP contribution is 2.29. The Bertz CT molecular complexity index is 1400. The van der Waals surface area contributed by atoms with Crippen LogP contribution in [0.4, 0.5) is 0 Å². The molecule has 0 aliphatic rings. The SMILES string of the molecule is CC[C@H](Sc1nc2ccccc2c2nc(-c3ccccc3)nn12)C(=O)NCc1cccnc1. The fraction of sp³-hybridized carbons (Fsp3) is 0.160. The van der Waals surface area contributed by atoms with Crippen molar-refractivity contribution in [1.82, 2.24) is 29.9 Å². The quantitative estimate of drug-likeness (QED) is 0.287. The van der Waals surface area contributed by atoms with Gasteiger partial charge in [0, 0.05) is 29.9 Å². The van der Waals surface area contributed by atoms with E-state index in [1.54, 1.807) is 16.9 Å². The van der Waals surface area contributed by atoms with Crippen molar-refractivity contribution in [3.63, 3.8) is 0 Å². The molecular weight excluding hydrogens is 432 g/mol. The number of fused-ring (bicyclic) bond motifs is 3. The predicted octanol–water partition coefficient (Wildman–Crippen LogP) is 4.53. The van der Waals surface area contributed by atoms with Gasteiger partial charge in [-0.15, -0.1) is 5.10 Å². The number of rotatable bonds is 7. The third-order valence-electron chi connectivity index (χ3n) is 5.28. The molecule has 1 amide bonds. The summed E-state index contributed by atoms with van der Waals surface area (Å²) in [6.45, 7) is 2.43. The topological polar surface area (TPSA) is 85.1 Å². The molecule has 5 rings (SSSR count). The van der Waals surface area contributed by atoms with Gasteiger partial charge in [0.2, 0.25) is 5.91 Å². The van der Waals surface area contributed by atoms with E-state index in [4.69, 9.17) is 15.1 Å². The number of thioether (sulfide) groups is 1. The summed E-state index contributed by atoms with van der Waals surface area (Å²) >= 11 is 1.41. The summed E-state index contributed by atoms with van der Waals surface area (Å²) in [5, 5.41) is 9.01. The second-order valence-electron chi connectivity index (χ2n) is 7.54. The van der Waals surface area contributed by atoms with Gasteiger partial charge in [-0.25, -0.2) is 9.97 Å². The van der Waals surface area contributed by atoms with Crippen LogP contribution < -0.4 is 5.32 Å². The van der Waals surface area contributed by atoms with Crippen LogP contribution in [0.25, 0.3) is 27.9 Å². The summed E-state index contributed by atoms with van der Waals surface area (Å²) in [4.78, 5) is 26.7. The summed E-state index contributed by atoms with van der Waals surface area (Å²) in [7, 11) is 0. The van der Waals surface area contributed by atoms with E-state index in [0.29, 0.717) is 23.9 Å². The van der Waals surface area contributed by atoms with E-state index in [1.165, 1.54) is 11.8 Å². The maximum absolute atomic E-state index is 13.0. The number of pyridine rings is 1. The molecule has 0 fully saturated rings. The first-order valence-electron chi connectivity index (χ1n) is 10.8. The summed E-state index contributed by atoms with van der Waals surface area (Å²) in [5.74, 6) is 0.586. The Labute approximate surface area is 195 Å². The predicted molar refractivity (Wildman–Crippen MR) is 130 cm³/mol. The van der Waals surface area contributed by atoms with Crippen molar-refractivity contribution < 1.29 is 4.79 Å². The second-order valence-corrected chi connectivity index (χ2v) is 8.71. The highest BCUT2D eigenvalue weighted by molar-refractivity contribution is 8.00. The number of nitrogens with zero attached hydrogens (tertiary/aromatic N) is 5. The first-order valence-corrected chi connectivity index (χ1v) is 11.6. The monoisotopic (exact) mass is 454 g/mol. The first kappa shape index (κ1) is 21.1. The van der Waals surface area contributed by atoms with Crippen LogP contribution in [0.15, 0.2) is 84.3 Å². The molecule has 3 heterocycles. The summed E-state index contributed by atoms with van der Waals surface area (Å²) in [6, 6.07) is 21.5. The summed E-state index contributed by atoms with van der Waals surface area (Å²) in [6.07, 6.45) is 4.12. The Morgan fingerprint density at radius 3 is 2.64 bits per heavy atom. The Balaban J connectivity index is 1.49. The van der Waals surface area contributed by atoms with Crippen LogP contribution in [-0.4, -0.2) is 35.7 Å². The van der Waals surface area contributed by atoms with Crippen LogP contribution in [0.5, 0.6) is 0 Å². The Kier molecular flexibility index (Phi) is 5.99. The molecule has 0 radical (unpaired) electrons. The number of amides is 1. The molecule has 1 atom stereocenters. The van der Waals surface area contributed by atoms with Crippen molar-refractivity contribution in [3.05, 3.63) is 84.7 Å². The molecule has 0 saturated carbocycles. The van der Waals surface area contributed by atoms with Crippen molar-refractivity contribution in [3.8, 4) is 11.4 Å². The molecule has 2 aromatic carbocycles. The van der Waals surface area contributed by atoms with E-state index in [0.717, 1.165) is 27.7 Å². The van der Waals surface area contributed by atoms with Crippen LogP contribution in [-0.2, 0) is 11.3 Å². The number of aromatic nitrogens is 5. The lowest BCUT2D eigenvalue weighted by molar-refractivity contribution is -0.120. The molecule has 0 aliphatic carbocycles. The van der Waals surface area contributed by atoms with Gasteiger partial charge in [0.15, 0.2) is 16.6 Å². The first-order chi connectivity index (χ1) is 16.2. The number of hydrogen-bond donors (Lipinski definition) is 1. The van der Waals surface area contributed by atoms with E-state index >= 15 is 0 Å². The molecular formula is C25H22N6OS. The van der Waals surface area contributed by atoms with Gasteiger partial charge in [-0.1, -0.05) is 67.2 Å². The maximum atomic E-state index is 13.0. The minimum Gasteiger partial charge on any atom is -0.351 e. The highest BCUT2D eigenvalue weighted by atomic mass is 32.2. The number of carbonyl (C=O) groups excluding carboxylic acids is 1. The zero-order valence-electron chi connectivity index (χ0n) is 18.0. The van der Waals surface area contributed by atoms with Gasteiger partial charge in [0.1, 0.15) is 0 Å². The standard InChI is InChI=1S/C25H22N6OS/c1-2-21(24(32)27-16-17-9-8-14-26-15-17)33-25-28-20-13-7-6-12-19(20)23-29-22(30-31(23)25)18-10-4-3-5-11-18/h3-15,21H,2,16H2,1H3,(H,27,32)/t21-/m0/s1.